The molecule has 0 fully saturated rings. The quantitative estimate of drug-likeness (QED) is 0.733. The van der Waals surface area contributed by atoms with Gasteiger partial charge in [-0.25, -0.2) is 4.79 Å². The second-order valence-electron chi connectivity index (χ2n) is 1.80. The molecule has 1 aromatic rings. The van der Waals surface area contributed by atoms with Crippen LogP contribution in [0.5, 0.6) is 0 Å². The van der Waals surface area contributed by atoms with Crippen LogP contribution < -0.4 is 0 Å². The van der Waals surface area contributed by atoms with Gasteiger partial charge in [-0.05, 0) is 22.0 Å². The van der Waals surface area contributed by atoms with Crippen LogP contribution in [0.1, 0.15) is 5.69 Å². The van der Waals surface area contributed by atoms with Crippen molar-refractivity contribution >= 4 is 28.0 Å². The van der Waals surface area contributed by atoms with Crippen LogP contribution >= 0.6 is 15.9 Å². The summed E-state index contributed by atoms with van der Waals surface area (Å²) in [5.41, 5.74) is 0.646. The second-order valence-corrected chi connectivity index (χ2v) is 2.66. The summed E-state index contributed by atoms with van der Waals surface area (Å²) in [5.74, 6) is -0.980. The van der Waals surface area contributed by atoms with Gasteiger partial charge in [-0.1, -0.05) is 0 Å². The highest BCUT2D eigenvalue weighted by atomic mass is 79.9. The predicted octanol–water partition coefficient (Wildman–Crippen LogP) is 1.27. The van der Waals surface area contributed by atoms with Crippen molar-refractivity contribution in [1.82, 2.24) is 10.2 Å². The molecule has 1 heterocycles. The van der Waals surface area contributed by atoms with Crippen LogP contribution in [0.15, 0.2) is 16.7 Å². The van der Waals surface area contributed by atoms with Gasteiger partial charge in [0.2, 0.25) is 0 Å². The molecule has 0 aromatic carbocycles. The van der Waals surface area contributed by atoms with E-state index in [1.807, 2.05) is 0 Å². The molecule has 1 aromatic heterocycles. The Hall–Kier alpha value is -1.10. The average Bonchev–Trinajstić information content (AvgIpc) is 2.31. The minimum absolute atomic E-state index is 0.646. The number of aromatic amines is 1. The number of rotatable bonds is 2. The summed E-state index contributed by atoms with van der Waals surface area (Å²) in [6.07, 6.45) is 4.03. The molecule has 0 saturated heterocycles. The summed E-state index contributed by atoms with van der Waals surface area (Å²) >= 11 is 3.18. The molecular formula is C6H5BrN2O2. The van der Waals surface area contributed by atoms with Gasteiger partial charge in [0.25, 0.3) is 0 Å². The molecule has 0 aliphatic heterocycles. The topological polar surface area (TPSA) is 66.0 Å². The van der Waals surface area contributed by atoms with Gasteiger partial charge < -0.3 is 5.11 Å². The lowest BCUT2D eigenvalue weighted by Crippen LogP contribution is -1.85. The Balaban J connectivity index is 2.79. The van der Waals surface area contributed by atoms with E-state index in [0.717, 1.165) is 10.5 Å². The van der Waals surface area contributed by atoms with Gasteiger partial charge in [0.15, 0.2) is 0 Å². The Morgan fingerprint density at radius 2 is 2.55 bits per heavy atom. The summed E-state index contributed by atoms with van der Waals surface area (Å²) in [5, 5.41) is 14.6. The molecule has 0 saturated carbocycles. The molecule has 0 aliphatic carbocycles. The number of nitrogens with zero attached hydrogens (tertiary/aromatic N) is 1. The first-order chi connectivity index (χ1) is 5.20. The summed E-state index contributed by atoms with van der Waals surface area (Å²) < 4.78 is 0.745. The normalized spacial score (nSPS) is 10.6. The predicted molar refractivity (Wildman–Crippen MR) is 43.0 cm³/mol. The van der Waals surface area contributed by atoms with Gasteiger partial charge in [-0.15, -0.1) is 0 Å². The molecule has 0 atom stereocenters. The molecule has 0 spiro atoms. The first-order valence-electron chi connectivity index (χ1n) is 2.80. The highest BCUT2D eigenvalue weighted by Gasteiger charge is 1.96. The van der Waals surface area contributed by atoms with Crippen molar-refractivity contribution in [3.05, 3.63) is 22.4 Å². The Bertz CT molecular complexity index is 293. The lowest BCUT2D eigenvalue weighted by molar-refractivity contribution is -0.131. The Labute approximate surface area is 71.1 Å². The fraction of sp³-hybridized carbons (Fsp3) is 0. The molecule has 0 aliphatic rings. The number of carboxylic acid groups (broad SMARTS) is 1. The van der Waals surface area contributed by atoms with Crippen molar-refractivity contribution in [3.63, 3.8) is 0 Å². The van der Waals surface area contributed by atoms with Crippen LogP contribution in [0.3, 0.4) is 0 Å². The Kier molecular flexibility index (Phi) is 2.43. The lowest BCUT2D eigenvalue weighted by Gasteiger charge is -1.83. The zero-order valence-corrected chi connectivity index (χ0v) is 7.00. The number of hydrogen-bond acceptors (Lipinski definition) is 2. The SMILES string of the molecule is O=C(O)/C=C/c1[nH]ncc1Br. The highest BCUT2D eigenvalue weighted by molar-refractivity contribution is 9.10. The van der Waals surface area contributed by atoms with E-state index >= 15 is 0 Å². The summed E-state index contributed by atoms with van der Waals surface area (Å²) in [6, 6.07) is 0. The second kappa shape index (κ2) is 3.34. The van der Waals surface area contributed by atoms with Crippen molar-refractivity contribution in [2.24, 2.45) is 0 Å². The van der Waals surface area contributed by atoms with Crippen LogP contribution in [0, 0.1) is 0 Å². The van der Waals surface area contributed by atoms with Gasteiger partial charge in [-0.2, -0.15) is 5.10 Å². The lowest BCUT2D eigenvalue weighted by atomic mass is 10.4. The van der Waals surface area contributed by atoms with Crippen molar-refractivity contribution in [3.8, 4) is 0 Å². The maximum atomic E-state index is 10.1. The smallest absolute Gasteiger partial charge is 0.328 e. The van der Waals surface area contributed by atoms with Gasteiger partial charge in [0.05, 0.1) is 16.4 Å². The zero-order chi connectivity index (χ0) is 8.27. The third kappa shape index (κ3) is 2.19. The number of carbonyl (C=O) groups is 1. The number of nitrogens with one attached hydrogen (secondary N) is 1. The van der Waals surface area contributed by atoms with E-state index in [1.165, 1.54) is 6.08 Å². The van der Waals surface area contributed by atoms with E-state index in [4.69, 9.17) is 5.11 Å². The number of halogens is 1. The highest BCUT2D eigenvalue weighted by Crippen LogP contribution is 2.13. The van der Waals surface area contributed by atoms with Crippen LogP contribution in [-0.2, 0) is 4.79 Å². The number of H-pyrrole nitrogens is 1. The largest absolute Gasteiger partial charge is 0.478 e. The molecule has 11 heavy (non-hydrogen) atoms. The van der Waals surface area contributed by atoms with Gasteiger partial charge in [-0.3, -0.25) is 5.10 Å². The molecule has 0 unspecified atom stereocenters. The maximum Gasteiger partial charge on any atom is 0.328 e. The maximum absolute atomic E-state index is 10.1. The van der Waals surface area contributed by atoms with E-state index < -0.39 is 5.97 Å². The zero-order valence-electron chi connectivity index (χ0n) is 5.41. The summed E-state index contributed by atoms with van der Waals surface area (Å²) in [4.78, 5) is 10.1. The van der Waals surface area contributed by atoms with E-state index in [0.29, 0.717) is 5.69 Å². The molecule has 4 nitrogen and oxygen atoms in total. The van der Waals surface area contributed by atoms with Crippen LogP contribution in [0.4, 0.5) is 0 Å². The standard InChI is InChI=1S/C6H5BrN2O2/c7-4-3-8-9-5(4)1-2-6(10)11/h1-3H,(H,8,9)(H,10,11)/b2-1+. The number of hydrogen-bond donors (Lipinski definition) is 2. The van der Waals surface area contributed by atoms with Crippen molar-refractivity contribution in [2.75, 3.05) is 0 Å². The number of aliphatic carboxylic acids is 1. The van der Waals surface area contributed by atoms with Gasteiger partial charge in [0.1, 0.15) is 0 Å². The Morgan fingerprint density at radius 1 is 1.82 bits per heavy atom. The van der Waals surface area contributed by atoms with Crippen LogP contribution in [0.2, 0.25) is 0 Å². The molecule has 0 amide bonds. The van der Waals surface area contributed by atoms with Crippen LogP contribution in [-0.4, -0.2) is 21.3 Å². The fourth-order valence-electron chi connectivity index (χ4n) is 0.553. The molecule has 58 valence electrons. The molecule has 5 heteroatoms. The number of carboxylic acids is 1. The van der Waals surface area contributed by atoms with E-state index in [-0.39, 0.29) is 0 Å². The minimum atomic E-state index is -0.980. The molecular weight excluding hydrogens is 212 g/mol. The first kappa shape index (κ1) is 8.00. The van der Waals surface area contributed by atoms with E-state index in [9.17, 15) is 4.79 Å². The van der Waals surface area contributed by atoms with Crippen molar-refractivity contribution in [2.45, 2.75) is 0 Å². The van der Waals surface area contributed by atoms with Gasteiger partial charge >= 0.3 is 5.97 Å². The fourth-order valence-corrected chi connectivity index (χ4v) is 0.876. The van der Waals surface area contributed by atoms with Crippen LogP contribution in [0.25, 0.3) is 6.08 Å². The summed E-state index contributed by atoms with van der Waals surface area (Å²) in [6.45, 7) is 0. The number of aromatic nitrogens is 2. The molecule has 0 bridgehead atoms. The summed E-state index contributed by atoms with van der Waals surface area (Å²) in [7, 11) is 0. The first-order valence-corrected chi connectivity index (χ1v) is 3.59. The van der Waals surface area contributed by atoms with E-state index in [1.54, 1.807) is 6.20 Å². The van der Waals surface area contributed by atoms with Crippen molar-refractivity contribution < 1.29 is 9.90 Å². The van der Waals surface area contributed by atoms with Crippen molar-refractivity contribution in [1.29, 1.82) is 0 Å². The van der Waals surface area contributed by atoms with Gasteiger partial charge in [0, 0.05) is 6.08 Å². The third-order valence-corrected chi connectivity index (χ3v) is 1.64. The third-order valence-electron chi connectivity index (χ3n) is 1.01. The molecule has 2 N–H and O–H groups in total. The average molecular weight is 217 g/mol. The molecule has 0 radical (unpaired) electrons. The Morgan fingerprint density at radius 3 is 3.00 bits per heavy atom. The monoisotopic (exact) mass is 216 g/mol. The molecule has 1 rings (SSSR count). The van der Waals surface area contributed by atoms with E-state index in [2.05, 4.69) is 26.1 Å². The minimum Gasteiger partial charge on any atom is -0.478 e.